The predicted molar refractivity (Wildman–Crippen MR) is 80.9 cm³/mol. The summed E-state index contributed by atoms with van der Waals surface area (Å²) in [5.41, 5.74) is 0.351. The van der Waals surface area contributed by atoms with E-state index < -0.39 is 0 Å². The van der Waals surface area contributed by atoms with E-state index in [4.69, 9.17) is 11.6 Å². The maximum Gasteiger partial charge on any atom is 0.0279 e. The summed E-state index contributed by atoms with van der Waals surface area (Å²) < 4.78 is 0. The third kappa shape index (κ3) is 8.08. The van der Waals surface area contributed by atoms with Crippen LogP contribution >= 0.6 is 11.6 Å². The highest BCUT2D eigenvalue weighted by Gasteiger charge is 2.26. The van der Waals surface area contributed by atoms with E-state index in [1.807, 2.05) is 0 Å². The maximum absolute atomic E-state index is 6.10. The first-order valence-corrected chi connectivity index (χ1v) is 8.16. The first kappa shape index (κ1) is 17.3. The molecular weight excluding hydrogens is 228 g/mol. The average Bonchev–Trinajstić information content (AvgIpc) is 2.32. The summed E-state index contributed by atoms with van der Waals surface area (Å²) in [7, 11) is 0. The van der Waals surface area contributed by atoms with Crippen LogP contribution in [0.25, 0.3) is 0 Å². The molecule has 0 aromatic heterocycles. The lowest BCUT2D eigenvalue weighted by atomic mass is 9.77. The largest absolute Gasteiger partial charge is 0.126 e. The zero-order valence-corrected chi connectivity index (χ0v) is 13.3. The Kier molecular flexibility index (Phi) is 10.4. The summed E-state index contributed by atoms with van der Waals surface area (Å²) >= 11 is 6.10. The molecule has 1 unspecified atom stereocenters. The highest BCUT2D eigenvalue weighted by molar-refractivity contribution is 6.18. The van der Waals surface area contributed by atoms with Gasteiger partial charge in [-0.25, -0.2) is 0 Å². The van der Waals surface area contributed by atoms with Crippen LogP contribution in [-0.2, 0) is 0 Å². The summed E-state index contributed by atoms with van der Waals surface area (Å²) in [6.07, 6.45) is 12.5. The summed E-state index contributed by atoms with van der Waals surface area (Å²) in [4.78, 5) is 0. The molecule has 0 saturated heterocycles. The Morgan fingerprint density at radius 1 is 0.882 bits per heavy atom. The van der Waals surface area contributed by atoms with Crippen molar-refractivity contribution in [3.05, 3.63) is 0 Å². The van der Waals surface area contributed by atoms with Crippen LogP contribution in [0.4, 0.5) is 0 Å². The van der Waals surface area contributed by atoms with Gasteiger partial charge in [0.2, 0.25) is 0 Å². The Morgan fingerprint density at radius 2 is 1.35 bits per heavy atom. The number of hydrogen-bond donors (Lipinski definition) is 0. The molecule has 17 heavy (non-hydrogen) atoms. The van der Waals surface area contributed by atoms with Gasteiger partial charge in [-0.2, -0.15) is 0 Å². The minimum absolute atomic E-state index is 0.351. The van der Waals surface area contributed by atoms with Gasteiger partial charge in [0, 0.05) is 5.88 Å². The highest BCUT2D eigenvalue weighted by Crippen LogP contribution is 2.34. The van der Waals surface area contributed by atoms with Crippen LogP contribution < -0.4 is 0 Å². The van der Waals surface area contributed by atoms with Crippen molar-refractivity contribution >= 4 is 11.6 Å². The van der Waals surface area contributed by atoms with Gasteiger partial charge in [-0.1, -0.05) is 79.1 Å². The van der Waals surface area contributed by atoms with Gasteiger partial charge in [0.05, 0.1) is 0 Å². The fraction of sp³-hybridized carbons (Fsp3) is 1.00. The predicted octanol–water partition coefficient (Wildman–Crippen LogP) is 6.42. The smallest absolute Gasteiger partial charge is 0.0279 e. The fourth-order valence-electron chi connectivity index (χ4n) is 2.17. The van der Waals surface area contributed by atoms with Gasteiger partial charge in [0.1, 0.15) is 0 Å². The first-order chi connectivity index (χ1) is 8.06. The van der Waals surface area contributed by atoms with Crippen LogP contribution in [0, 0.1) is 11.3 Å². The Labute approximate surface area is 115 Å². The lowest BCUT2D eigenvalue weighted by Gasteiger charge is -2.31. The Hall–Kier alpha value is 0.290. The van der Waals surface area contributed by atoms with E-state index in [1.54, 1.807) is 0 Å². The fourth-order valence-corrected chi connectivity index (χ4v) is 2.61. The summed E-state index contributed by atoms with van der Waals surface area (Å²) in [5, 5.41) is 0. The maximum atomic E-state index is 6.10. The second kappa shape index (κ2) is 10.2. The molecule has 104 valence electrons. The van der Waals surface area contributed by atoms with Crippen molar-refractivity contribution in [3.8, 4) is 0 Å². The van der Waals surface area contributed by atoms with Gasteiger partial charge in [-0.05, 0) is 17.8 Å². The van der Waals surface area contributed by atoms with Gasteiger partial charge in [0.15, 0.2) is 0 Å². The van der Waals surface area contributed by atoms with E-state index in [1.165, 1.54) is 57.8 Å². The molecule has 0 saturated carbocycles. The first-order valence-electron chi connectivity index (χ1n) is 7.62. The molecule has 0 N–H and O–H groups in total. The number of halogens is 1. The lowest BCUT2D eigenvalue weighted by molar-refractivity contribution is 0.226. The van der Waals surface area contributed by atoms with Crippen LogP contribution in [-0.4, -0.2) is 5.88 Å². The van der Waals surface area contributed by atoms with Crippen LogP contribution in [0.5, 0.6) is 0 Å². The van der Waals surface area contributed by atoms with E-state index >= 15 is 0 Å². The summed E-state index contributed by atoms with van der Waals surface area (Å²) in [5.74, 6) is 1.51. The quantitative estimate of drug-likeness (QED) is 0.297. The SMILES string of the molecule is CCCCCCCCCCC(C)(CCl)C(C)C. The molecule has 1 heteroatoms. The van der Waals surface area contributed by atoms with E-state index in [9.17, 15) is 0 Å². The van der Waals surface area contributed by atoms with Crippen LogP contribution in [0.2, 0.25) is 0 Å². The molecule has 0 spiro atoms. The molecule has 1 atom stereocenters. The molecule has 0 fully saturated rings. The number of hydrogen-bond acceptors (Lipinski definition) is 0. The van der Waals surface area contributed by atoms with Gasteiger partial charge >= 0.3 is 0 Å². The van der Waals surface area contributed by atoms with Crippen molar-refractivity contribution in [2.45, 2.75) is 85.5 Å². The van der Waals surface area contributed by atoms with Crippen molar-refractivity contribution in [1.29, 1.82) is 0 Å². The van der Waals surface area contributed by atoms with Crippen molar-refractivity contribution in [2.24, 2.45) is 11.3 Å². The van der Waals surface area contributed by atoms with Crippen molar-refractivity contribution in [3.63, 3.8) is 0 Å². The molecule has 0 bridgehead atoms. The Bertz CT molecular complexity index is 165. The number of unbranched alkanes of at least 4 members (excludes halogenated alkanes) is 7. The molecule has 0 radical (unpaired) electrons. The Balaban J connectivity index is 3.44. The van der Waals surface area contributed by atoms with Gasteiger partial charge < -0.3 is 0 Å². The topological polar surface area (TPSA) is 0 Å². The second-order valence-electron chi connectivity index (χ2n) is 6.17. The van der Waals surface area contributed by atoms with E-state index in [2.05, 4.69) is 27.7 Å². The molecule has 0 rings (SSSR count). The normalized spacial score (nSPS) is 15.2. The molecule has 0 heterocycles. The second-order valence-corrected chi connectivity index (χ2v) is 6.43. The monoisotopic (exact) mass is 260 g/mol. The summed E-state index contributed by atoms with van der Waals surface area (Å²) in [6.45, 7) is 9.21. The van der Waals surface area contributed by atoms with Gasteiger partial charge in [-0.15, -0.1) is 11.6 Å². The minimum Gasteiger partial charge on any atom is -0.126 e. The standard InChI is InChI=1S/C16H33Cl/c1-5-6-7-8-9-10-11-12-13-16(4,14-17)15(2)3/h15H,5-14H2,1-4H3. The van der Waals surface area contributed by atoms with E-state index in [-0.39, 0.29) is 0 Å². The van der Waals surface area contributed by atoms with Gasteiger partial charge in [-0.3, -0.25) is 0 Å². The molecule has 0 aromatic rings. The zero-order valence-electron chi connectivity index (χ0n) is 12.5. The lowest BCUT2D eigenvalue weighted by Crippen LogP contribution is -2.25. The molecule has 0 aliphatic rings. The molecule has 0 aromatic carbocycles. The summed E-state index contributed by atoms with van der Waals surface area (Å²) in [6, 6.07) is 0. The third-order valence-corrected chi connectivity index (χ3v) is 4.91. The van der Waals surface area contributed by atoms with Crippen LogP contribution in [0.15, 0.2) is 0 Å². The van der Waals surface area contributed by atoms with Crippen molar-refractivity contribution in [1.82, 2.24) is 0 Å². The Morgan fingerprint density at radius 3 is 1.76 bits per heavy atom. The number of rotatable bonds is 11. The van der Waals surface area contributed by atoms with E-state index in [0.717, 1.165) is 5.88 Å². The van der Waals surface area contributed by atoms with Crippen molar-refractivity contribution < 1.29 is 0 Å². The minimum atomic E-state index is 0.351. The van der Waals surface area contributed by atoms with Crippen molar-refractivity contribution in [2.75, 3.05) is 5.88 Å². The van der Waals surface area contributed by atoms with Crippen LogP contribution in [0.1, 0.15) is 85.5 Å². The highest BCUT2D eigenvalue weighted by atomic mass is 35.5. The third-order valence-electron chi connectivity index (χ3n) is 4.30. The van der Waals surface area contributed by atoms with Crippen LogP contribution in [0.3, 0.4) is 0 Å². The number of alkyl halides is 1. The van der Waals surface area contributed by atoms with E-state index in [0.29, 0.717) is 11.3 Å². The zero-order chi connectivity index (χ0) is 13.1. The molecule has 0 nitrogen and oxygen atoms in total. The molecular formula is C16H33Cl. The molecule has 0 aliphatic carbocycles. The molecule has 0 amide bonds. The molecule has 0 aliphatic heterocycles. The van der Waals surface area contributed by atoms with Gasteiger partial charge in [0.25, 0.3) is 0 Å². The average molecular weight is 261 g/mol.